The molecule has 0 aliphatic carbocycles. The molecule has 38 heavy (non-hydrogen) atoms. The van der Waals surface area contributed by atoms with Gasteiger partial charge < -0.3 is 25.0 Å². The lowest BCUT2D eigenvalue weighted by Crippen LogP contribution is -2.25. The molecule has 4 aromatic rings. The van der Waals surface area contributed by atoms with E-state index < -0.39 is 5.97 Å². The quantitative estimate of drug-likeness (QED) is 0.322. The summed E-state index contributed by atoms with van der Waals surface area (Å²) < 4.78 is 6.03. The predicted molar refractivity (Wildman–Crippen MR) is 147 cm³/mol. The molecule has 3 aromatic heterocycles. The summed E-state index contributed by atoms with van der Waals surface area (Å²) in [5.74, 6) is 0.855. The van der Waals surface area contributed by atoms with Gasteiger partial charge in [0.1, 0.15) is 11.6 Å². The normalized spacial score (nSPS) is 12.6. The van der Waals surface area contributed by atoms with Gasteiger partial charge in [-0.05, 0) is 61.4 Å². The molecule has 5 rings (SSSR count). The minimum atomic E-state index is -1.06. The Balaban J connectivity index is 1.27. The molecule has 0 bridgehead atoms. The Morgan fingerprint density at radius 2 is 2.03 bits per heavy atom. The van der Waals surface area contributed by atoms with Gasteiger partial charge in [0.05, 0.1) is 17.9 Å². The Morgan fingerprint density at radius 3 is 2.76 bits per heavy atom. The SMILES string of the molecule is CCN1c2ncc(CCOc3ccc(Nc4nc(C(=O)O)cs4)cc3C)cc2C(=O)N(C)c2cccnc21. The number of ether oxygens (including phenoxy) is 1. The molecule has 1 aromatic carbocycles. The van der Waals surface area contributed by atoms with Crippen molar-refractivity contribution in [2.24, 2.45) is 0 Å². The summed E-state index contributed by atoms with van der Waals surface area (Å²) in [5.41, 5.74) is 3.89. The highest BCUT2D eigenvalue weighted by Gasteiger charge is 2.30. The van der Waals surface area contributed by atoms with Crippen LogP contribution in [0.2, 0.25) is 0 Å². The van der Waals surface area contributed by atoms with Crippen molar-refractivity contribution >= 4 is 51.4 Å². The number of nitrogens with zero attached hydrogens (tertiary/aromatic N) is 5. The molecule has 11 heteroatoms. The number of benzene rings is 1. The maximum atomic E-state index is 13.3. The maximum Gasteiger partial charge on any atom is 0.355 e. The number of anilines is 5. The number of aromatic nitrogens is 3. The van der Waals surface area contributed by atoms with Gasteiger partial charge in [-0.25, -0.2) is 19.7 Å². The van der Waals surface area contributed by atoms with Crippen LogP contribution in [0.1, 0.15) is 38.9 Å². The third-order valence-corrected chi connectivity index (χ3v) is 6.97. The van der Waals surface area contributed by atoms with Crippen LogP contribution in [0, 0.1) is 6.92 Å². The van der Waals surface area contributed by atoms with Gasteiger partial charge >= 0.3 is 5.97 Å². The number of thiazole rings is 1. The molecule has 1 aliphatic heterocycles. The van der Waals surface area contributed by atoms with E-state index in [0.29, 0.717) is 41.9 Å². The van der Waals surface area contributed by atoms with Gasteiger partial charge in [-0.1, -0.05) is 0 Å². The summed E-state index contributed by atoms with van der Waals surface area (Å²) >= 11 is 1.23. The second-order valence-electron chi connectivity index (χ2n) is 8.72. The number of nitrogens with one attached hydrogen (secondary N) is 1. The topological polar surface area (TPSA) is 121 Å². The Kier molecular flexibility index (Phi) is 6.93. The molecule has 1 amide bonds. The molecule has 1 aliphatic rings. The molecule has 0 fully saturated rings. The maximum absolute atomic E-state index is 13.3. The molecular formula is C27H26N6O4S. The van der Waals surface area contributed by atoms with E-state index in [2.05, 4.69) is 20.3 Å². The number of carboxylic acid groups (broad SMARTS) is 1. The van der Waals surface area contributed by atoms with Gasteiger partial charge in [0.15, 0.2) is 16.6 Å². The number of aromatic carboxylic acids is 1. The smallest absolute Gasteiger partial charge is 0.355 e. The fourth-order valence-electron chi connectivity index (χ4n) is 4.28. The molecule has 0 unspecified atom stereocenters. The highest BCUT2D eigenvalue weighted by atomic mass is 32.1. The summed E-state index contributed by atoms with van der Waals surface area (Å²) in [6, 6.07) is 11.2. The first-order valence-corrected chi connectivity index (χ1v) is 12.9. The third kappa shape index (κ3) is 4.88. The van der Waals surface area contributed by atoms with Crippen molar-refractivity contribution < 1.29 is 19.4 Å². The molecular weight excluding hydrogens is 504 g/mol. The first kappa shape index (κ1) is 25.2. The van der Waals surface area contributed by atoms with Gasteiger partial charge in [-0.15, -0.1) is 11.3 Å². The van der Waals surface area contributed by atoms with Crippen LogP contribution in [-0.4, -0.2) is 52.1 Å². The highest BCUT2D eigenvalue weighted by molar-refractivity contribution is 7.14. The molecule has 194 valence electrons. The average Bonchev–Trinajstić information content (AvgIpc) is 3.36. The van der Waals surface area contributed by atoms with Crippen molar-refractivity contribution in [2.75, 3.05) is 35.3 Å². The zero-order valence-corrected chi connectivity index (χ0v) is 22.0. The molecule has 0 radical (unpaired) electrons. The predicted octanol–water partition coefficient (Wildman–Crippen LogP) is 5.05. The monoisotopic (exact) mass is 530 g/mol. The third-order valence-electron chi connectivity index (χ3n) is 6.21. The van der Waals surface area contributed by atoms with Crippen molar-refractivity contribution in [3.63, 3.8) is 0 Å². The van der Waals surface area contributed by atoms with Crippen molar-refractivity contribution in [2.45, 2.75) is 20.3 Å². The van der Waals surface area contributed by atoms with E-state index in [1.807, 2.05) is 55.1 Å². The van der Waals surface area contributed by atoms with Crippen LogP contribution in [0.5, 0.6) is 5.75 Å². The molecule has 2 N–H and O–H groups in total. The summed E-state index contributed by atoms with van der Waals surface area (Å²) in [6.45, 7) is 4.98. The van der Waals surface area contributed by atoms with Crippen LogP contribution in [0.4, 0.5) is 28.1 Å². The van der Waals surface area contributed by atoms with Crippen molar-refractivity contribution in [3.05, 3.63) is 76.6 Å². The van der Waals surface area contributed by atoms with E-state index in [1.165, 1.54) is 16.7 Å². The van der Waals surface area contributed by atoms with Gasteiger partial charge in [0.25, 0.3) is 5.91 Å². The fourth-order valence-corrected chi connectivity index (χ4v) is 4.98. The van der Waals surface area contributed by atoms with Crippen LogP contribution < -0.4 is 19.9 Å². The second kappa shape index (κ2) is 10.5. The highest BCUT2D eigenvalue weighted by Crippen LogP contribution is 2.37. The summed E-state index contributed by atoms with van der Waals surface area (Å²) in [6.07, 6.45) is 4.08. The Morgan fingerprint density at radius 1 is 1.18 bits per heavy atom. The van der Waals surface area contributed by atoms with Crippen LogP contribution in [0.15, 0.2) is 54.2 Å². The number of hydrogen-bond acceptors (Lipinski definition) is 9. The number of carboxylic acids is 1. The zero-order valence-electron chi connectivity index (χ0n) is 21.1. The van der Waals surface area contributed by atoms with Crippen LogP contribution in [0.25, 0.3) is 0 Å². The summed E-state index contributed by atoms with van der Waals surface area (Å²) in [4.78, 5) is 41.1. The Hall–Kier alpha value is -4.51. The van der Waals surface area contributed by atoms with Gasteiger partial charge in [0.2, 0.25) is 0 Å². The van der Waals surface area contributed by atoms with Gasteiger partial charge in [-0.2, -0.15) is 0 Å². The molecule has 0 spiro atoms. The molecule has 0 atom stereocenters. The lowest BCUT2D eigenvalue weighted by molar-refractivity contribution is 0.0691. The molecule has 0 saturated carbocycles. The lowest BCUT2D eigenvalue weighted by Gasteiger charge is -2.22. The first-order valence-electron chi connectivity index (χ1n) is 12.0. The fraction of sp³-hybridized carbons (Fsp3) is 0.222. The number of fused-ring (bicyclic) bond motifs is 2. The van der Waals surface area contributed by atoms with Gasteiger partial charge in [-0.3, -0.25) is 4.79 Å². The number of pyridine rings is 2. The van der Waals surface area contributed by atoms with Crippen molar-refractivity contribution in [1.82, 2.24) is 15.0 Å². The number of amides is 1. The zero-order chi connectivity index (χ0) is 26.8. The average molecular weight is 531 g/mol. The van der Waals surface area contributed by atoms with E-state index in [9.17, 15) is 9.59 Å². The van der Waals surface area contributed by atoms with Crippen molar-refractivity contribution in [1.29, 1.82) is 0 Å². The number of carbonyl (C=O) groups excluding carboxylic acids is 1. The van der Waals surface area contributed by atoms with E-state index in [1.54, 1.807) is 24.3 Å². The number of aryl methyl sites for hydroxylation is 1. The first-order chi connectivity index (χ1) is 18.4. The number of hydrogen-bond donors (Lipinski definition) is 2. The standard InChI is InChI=1S/C27H26N6O4S/c1-4-33-23-19(25(34)32(3)21-6-5-10-28-24(21)33)13-17(14-29-23)9-11-37-22-8-7-18(12-16(22)2)30-27-31-20(15-38-27)26(35)36/h5-8,10,12-15H,4,9,11H2,1-3H3,(H,30,31)(H,35,36). The van der Waals surface area contributed by atoms with Crippen LogP contribution in [0.3, 0.4) is 0 Å². The largest absolute Gasteiger partial charge is 0.493 e. The van der Waals surface area contributed by atoms with Crippen LogP contribution in [-0.2, 0) is 6.42 Å². The van der Waals surface area contributed by atoms with E-state index in [4.69, 9.17) is 9.84 Å². The van der Waals surface area contributed by atoms with Gasteiger partial charge in [0, 0.05) is 43.5 Å². The molecule has 0 saturated heterocycles. The second-order valence-corrected chi connectivity index (χ2v) is 9.57. The Labute approximate surface area is 223 Å². The van der Waals surface area contributed by atoms with E-state index >= 15 is 0 Å². The van der Waals surface area contributed by atoms with E-state index in [-0.39, 0.29) is 11.6 Å². The lowest BCUT2D eigenvalue weighted by atomic mass is 10.1. The van der Waals surface area contributed by atoms with E-state index in [0.717, 1.165) is 28.3 Å². The minimum Gasteiger partial charge on any atom is -0.493 e. The van der Waals surface area contributed by atoms with Crippen LogP contribution >= 0.6 is 11.3 Å². The Bertz CT molecular complexity index is 1520. The minimum absolute atomic E-state index is 0.0124. The van der Waals surface area contributed by atoms with Crippen molar-refractivity contribution in [3.8, 4) is 5.75 Å². The molecule has 10 nitrogen and oxygen atoms in total. The number of rotatable bonds is 8. The summed E-state index contributed by atoms with van der Waals surface area (Å²) in [5, 5.41) is 14.2. The number of carbonyl (C=O) groups is 2. The summed E-state index contributed by atoms with van der Waals surface area (Å²) in [7, 11) is 1.75. The molecule has 4 heterocycles.